The number of pyridine rings is 1. The van der Waals surface area contributed by atoms with Gasteiger partial charge in [0.1, 0.15) is 0 Å². The lowest BCUT2D eigenvalue weighted by molar-refractivity contribution is -0.684. The molecule has 0 spiro atoms. The molecule has 2 aromatic carbocycles. The number of carbonyl (C=O) groups is 3. The number of nitrogens with zero attached hydrogens (tertiary/aromatic N) is 1. The SMILES string of the molecule is COC(=O)c1ccc(NC(=O)C[n+]2ccc(C(=O)c3ccccc3)cc2)cc1. The monoisotopic (exact) mass is 375 g/mol. The first-order chi connectivity index (χ1) is 13.6. The standard InChI is InChI=1S/C22H18N2O4/c1-28-22(27)18-7-9-19(10-8-18)23-20(25)15-24-13-11-17(12-14-24)21(26)16-5-3-2-4-6-16/h2-14H,15H2,1H3/p+1. The van der Waals surface area contributed by atoms with Crippen LogP contribution in [0.5, 0.6) is 0 Å². The van der Waals surface area contributed by atoms with Crippen LogP contribution in [0, 0.1) is 0 Å². The van der Waals surface area contributed by atoms with Crippen LogP contribution in [0.2, 0.25) is 0 Å². The third-order valence-corrected chi connectivity index (χ3v) is 4.11. The number of aromatic nitrogens is 1. The summed E-state index contributed by atoms with van der Waals surface area (Å²) in [6.45, 7) is 0.0958. The van der Waals surface area contributed by atoms with Gasteiger partial charge in [-0.15, -0.1) is 0 Å². The molecule has 0 fully saturated rings. The van der Waals surface area contributed by atoms with E-state index in [1.807, 2.05) is 18.2 Å². The number of anilines is 1. The molecule has 0 bridgehead atoms. The van der Waals surface area contributed by atoms with Crippen molar-refractivity contribution in [2.24, 2.45) is 0 Å². The van der Waals surface area contributed by atoms with Gasteiger partial charge in [-0.2, -0.15) is 4.57 Å². The molecule has 0 aliphatic heterocycles. The van der Waals surface area contributed by atoms with Crippen molar-refractivity contribution >= 4 is 23.3 Å². The highest BCUT2D eigenvalue weighted by atomic mass is 16.5. The van der Waals surface area contributed by atoms with Crippen molar-refractivity contribution in [1.82, 2.24) is 0 Å². The van der Waals surface area contributed by atoms with Gasteiger partial charge in [0.05, 0.1) is 12.7 Å². The number of amides is 1. The molecule has 0 unspecified atom stereocenters. The Balaban J connectivity index is 1.60. The fourth-order valence-corrected chi connectivity index (χ4v) is 2.64. The van der Waals surface area contributed by atoms with Crippen molar-refractivity contribution in [3.05, 3.63) is 95.8 Å². The Labute approximate surface area is 162 Å². The van der Waals surface area contributed by atoms with E-state index in [0.29, 0.717) is 22.4 Å². The Morgan fingerprint density at radius 3 is 2.04 bits per heavy atom. The first-order valence-corrected chi connectivity index (χ1v) is 8.64. The van der Waals surface area contributed by atoms with E-state index >= 15 is 0 Å². The van der Waals surface area contributed by atoms with Crippen LogP contribution in [0.3, 0.4) is 0 Å². The predicted octanol–water partition coefficient (Wildman–Crippen LogP) is 2.63. The molecule has 0 atom stereocenters. The molecule has 1 N–H and O–H groups in total. The maximum Gasteiger partial charge on any atom is 0.337 e. The van der Waals surface area contributed by atoms with Gasteiger partial charge < -0.3 is 10.1 Å². The van der Waals surface area contributed by atoms with E-state index in [2.05, 4.69) is 10.1 Å². The van der Waals surface area contributed by atoms with Crippen molar-refractivity contribution in [2.45, 2.75) is 6.54 Å². The minimum absolute atomic E-state index is 0.0668. The van der Waals surface area contributed by atoms with E-state index in [1.165, 1.54) is 7.11 Å². The van der Waals surface area contributed by atoms with E-state index in [0.717, 1.165) is 0 Å². The summed E-state index contributed by atoms with van der Waals surface area (Å²) in [6.07, 6.45) is 3.38. The molecule has 6 heteroatoms. The van der Waals surface area contributed by atoms with Crippen LogP contribution in [0.4, 0.5) is 5.69 Å². The molecule has 28 heavy (non-hydrogen) atoms. The summed E-state index contributed by atoms with van der Waals surface area (Å²) in [6, 6.07) is 18.8. The fraction of sp³-hybridized carbons (Fsp3) is 0.0909. The van der Waals surface area contributed by atoms with Crippen LogP contribution in [0.15, 0.2) is 79.1 Å². The zero-order chi connectivity index (χ0) is 19.9. The van der Waals surface area contributed by atoms with Gasteiger partial charge in [-0.25, -0.2) is 4.79 Å². The van der Waals surface area contributed by atoms with Crippen LogP contribution in [-0.4, -0.2) is 24.8 Å². The molecule has 0 saturated carbocycles. The predicted molar refractivity (Wildman–Crippen MR) is 103 cm³/mol. The van der Waals surface area contributed by atoms with Gasteiger partial charge in [-0.1, -0.05) is 30.3 Å². The molecule has 3 aromatic rings. The molecular formula is C22H19N2O4+. The zero-order valence-corrected chi connectivity index (χ0v) is 15.3. The molecule has 6 nitrogen and oxygen atoms in total. The topological polar surface area (TPSA) is 76.3 Å². The van der Waals surface area contributed by atoms with E-state index in [9.17, 15) is 14.4 Å². The second kappa shape index (κ2) is 8.73. The minimum Gasteiger partial charge on any atom is -0.465 e. The summed E-state index contributed by atoms with van der Waals surface area (Å²) >= 11 is 0. The Kier molecular flexibility index (Phi) is 5.91. The Hall–Kier alpha value is -3.80. The molecule has 0 radical (unpaired) electrons. The van der Waals surface area contributed by atoms with Crippen molar-refractivity contribution in [1.29, 1.82) is 0 Å². The van der Waals surface area contributed by atoms with Crippen LogP contribution in [0.25, 0.3) is 0 Å². The summed E-state index contributed by atoms with van der Waals surface area (Å²) in [5.74, 6) is -0.723. The highest BCUT2D eigenvalue weighted by Gasteiger charge is 2.13. The summed E-state index contributed by atoms with van der Waals surface area (Å²) in [5.41, 5.74) is 2.16. The molecule has 140 valence electrons. The van der Waals surface area contributed by atoms with Gasteiger partial charge in [-0.05, 0) is 24.3 Å². The quantitative estimate of drug-likeness (QED) is 0.408. The van der Waals surface area contributed by atoms with Crippen molar-refractivity contribution in [2.75, 3.05) is 12.4 Å². The summed E-state index contributed by atoms with van der Waals surface area (Å²) < 4.78 is 6.32. The molecule has 0 aliphatic rings. The second-order valence-corrected chi connectivity index (χ2v) is 6.07. The van der Waals surface area contributed by atoms with Crippen molar-refractivity contribution in [3.8, 4) is 0 Å². The molecule has 1 aromatic heterocycles. The Morgan fingerprint density at radius 1 is 0.821 bits per heavy atom. The number of hydrogen-bond donors (Lipinski definition) is 1. The number of hydrogen-bond acceptors (Lipinski definition) is 4. The third kappa shape index (κ3) is 4.67. The number of esters is 1. The number of carbonyl (C=O) groups excluding carboxylic acids is 3. The first kappa shape index (κ1) is 19.0. The van der Waals surface area contributed by atoms with Gasteiger partial charge in [-0.3, -0.25) is 9.59 Å². The lowest BCUT2D eigenvalue weighted by Crippen LogP contribution is -2.39. The smallest absolute Gasteiger partial charge is 0.337 e. The minimum atomic E-state index is -0.432. The average molecular weight is 375 g/mol. The molecular weight excluding hydrogens is 356 g/mol. The number of methoxy groups -OCH3 is 1. The van der Waals surface area contributed by atoms with Crippen LogP contribution in [-0.2, 0) is 16.1 Å². The second-order valence-electron chi connectivity index (χ2n) is 6.07. The number of nitrogens with one attached hydrogen (secondary N) is 1. The molecule has 0 saturated heterocycles. The van der Waals surface area contributed by atoms with E-state index in [4.69, 9.17) is 0 Å². The van der Waals surface area contributed by atoms with Crippen LogP contribution in [0.1, 0.15) is 26.3 Å². The van der Waals surface area contributed by atoms with E-state index in [-0.39, 0.29) is 18.2 Å². The largest absolute Gasteiger partial charge is 0.465 e. The van der Waals surface area contributed by atoms with Gasteiger partial charge in [0.25, 0.3) is 5.91 Å². The Bertz CT molecular complexity index is 981. The average Bonchev–Trinajstić information content (AvgIpc) is 2.74. The maximum absolute atomic E-state index is 12.4. The van der Waals surface area contributed by atoms with Crippen molar-refractivity contribution < 1.29 is 23.7 Å². The highest BCUT2D eigenvalue weighted by Crippen LogP contribution is 2.10. The number of benzene rings is 2. The van der Waals surface area contributed by atoms with Gasteiger partial charge >= 0.3 is 5.97 Å². The number of rotatable bonds is 6. The number of ketones is 1. The Morgan fingerprint density at radius 2 is 1.43 bits per heavy atom. The van der Waals surface area contributed by atoms with E-state index < -0.39 is 5.97 Å². The molecule has 0 aliphatic carbocycles. The van der Waals surface area contributed by atoms with E-state index in [1.54, 1.807) is 65.5 Å². The third-order valence-electron chi connectivity index (χ3n) is 4.11. The number of ether oxygens (including phenoxy) is 1. The van der Waals surface area contributed by atoms with Gasteiger partial charge in [0, 0.05) is 28.9 Å². The van der Waals surface area contributed by atoms with Crippen LogP contribution >= 0.6 is 0 Å². The van der Waals surface area contributed by atoms with Crippen LogP contribution < -0.4 is 9.88 Å². The fourth-order valence-electron chi connectivity index (χ4n) is 2.64. The lowest BCUT2D eigenvalue weighted by Gasteiger charge is -2.05. The maximum atomic E-state index is 12.4. The molecule has 3 rings (SSSR count). The lowest BCUT2D eigenvalue weighted by atomic mass is 10.0. The van der Waals surface area contributed by atoms with Gasteiger partial charge in [0.2, 0.25) is 6.54 Å². The highest BCUT2D eigenvalue weighted by molar-refractivity contribution is 6.08. The molecule has 1 amide bonds. The first-order valence-electron chi connectivity index (χ1n) is 8.64. The van der Waals surface area contributed by atoms with Crippen molar-refractivity contribution in [3.63, 3.8) is 0 Å². The summed E-state index contributed by atoms with van der Waals surface area (Å²) in [4.78, 5) is 36.0. The normalized spacial score (nSPS) is 10.2. The zero-order valence-electron chi connectivity index (χ0n) is 15.3. The summed E-state index contributed by atoms with van der Waals surface area (Å²) in [5, 5.41) is 2.76. The molecule has 1 heterocycles. The summed E-state index contributed by atoms with van der Waals surface area (Å²) in [7, 11) is 1.31. The van der Waals surface area contributed by atoms with Gasteiger partial charge in [0.15, 0.2) is 18.2 Å².